The summed E-state index contributed by atoms with van der Waals surface area (Å²) in [5.74, 6) is -0.767. The summed E-state index contributed by atoms with van der Waals surface area (Å²) >= 11 is 0. The van der Waals surface area contributed by atoms with Gasteiger partial charge in [-0.15, -0.1) is 0 Å². The largest absolute Gasteiger partial charge is 0.383 e. The first kappa shape index (κ1) is 12.5. The second kappa shape index (κ2) is 5.56. The summed E-state index contributed by atoms with van der Waals surface area (Å²) in [7, 11) is 1.67. The van der Waals surface area contributed by atoms with E-state index in [-0.39, 0.29) is 5.92 Å². The van der Waals surface area contributed by atoms with E-state index >= 15 is 0 Å². The van der Waals surface area contributed by atoms with Gasteiger partial charge in [0.05, 0.1) is 6.61 Å². The Balaban J connectivity index is 2.00. The Morgan fingerprint density at radius 2 is 2.24 bits per heavy atom. The van der Waals surface area contributed by atoms with Crippen molar-refractivity contribution in [2.24, 2.45) is 0 Å². The van der Waals surface area contributed by atoms with Crippen LogP contribution in [0, 0.1) is 11.6 Å². The van der Waals surface area contributed by atoms with E-state index in [0.717, 1.165) is 32.1 Å². The highest BCUT2D eigenvalue weighted by molar-refractivity contribution is 5.24. The molecule has 1 fully saturated rings. The van der Waals surface area contributed by atoms with E-state index in [1.807, 2.05) is 0 Å². The lowest BCUT2D eigenvalue weighted by Crippen LogP contribution is -2.24. The molecule has 1 aliphatic heterocycles. The number of halogens is 2. The molecule has 1 aliphatic rings. The quantitative estimate of drug-likeness (QED) is 0.802. The zero-order valence-corrected chi connectivity index (χ0v) is 9.96. The molecule has 0 N–H and O–H groups in total. The molecule has 0 aromatic heterocycles. The fraction of sp³-hybridized carbons (Fsp3) is 0.538. The minimum atomic E-state index is -0.513. The van der Waals surface area contributed by atoms with E-state index < -0.39 is 11.6 Å². The van der Waals surface area contributed by atoms with Crippen molar-refractivity contribution in [1.29, 1.82) is 0 Å². The number of nitrogens with zero attached hydrogens (tertiary/aromatic N) is 1. The van der Waals surface area contributed by atoms with E-state index in [2.05, 4.69) is 4.90 Å². The Labute approximate surface area is 100 Å². The highest BCUT2D eigenvalue weighted by Crippen LogP contribution is 2.29. The number of hydrogen-bond donors (Lipinski definition) is 0. The fourth-order valence-corrected chi connectivity index (χ4v) is 2.34. The molecule has 4 heteroatoms. The van der Waals surface area contributed by atoms with Crippen molar-refractivity contribution in [3.05, 3.63) is 35.4 Å². The summed E-state index contributed by atoms with van der Waals surface area (Å²) in [6.07, 6.45) is 0.923. The maximum Gasteiger partial charge on any atom is 0.129 e. The maximum atomic E-state index is 13.6. The van der Waals surface area contributed by atoms with Crippen LogP contribution >= 0.6 is 0 Å². The Hall–Kier alpha value is -1.00. The molecule has 0 amide bonds. The molecule has 1 heterocycles. The minimum absolute atomic E-state index is 0.174. The normalized spacial score (nSPS) is 21.0. The number of methoxy groups -OCH3 is 1. The van der Waals surface area contributed by atoms with Crippen LogP contribution in [0.2, 0.25) is 0 Å². The van der Waals surface area contributed by atoms with Gasteiger partial charge in [0.15, 0.2) is 0 Å². The number of hydrogen-bond acceptors (Lipinski definition) is 2. The highest BCUT2D eigenvalue weighted by atomic mass is 19.1. The van der Waals surface area contributed by atoms with E-state index in [1.165, 1.54) is 6.07 Å². The van der Waals surface area contributed by atoms with Crippen LogP contribution in [-0.4, -0.2) is 38.3 Å². The number of benzene rings is 1. The molecule has 1 aromatic rings. The molecule has 1 aromatic carbocycles. The summed E-state index contributed by atoms with van der Waals surface area (Å²) in [5.41, 5.74) is 0.631. The molecular weight excluding hydrogens is 224 g/mol. The van der Waals surface area contributed by atoms with Crippen molar-refractivity contribution < 1.29 is 13.5 Å². The van der Waals surface area contributed by atoms with Crippen molar-refractivity contribution in [3.63, 3.8) is 0 Å². The third-order valence-electron chi connectivity index (χ3n) is 3.29. The van der Waals surface area contributed by atoms with Crippen LogP contribution in [0.5, 0.6) is 0 Å². The average Bonchev–Trinajstić information content (AvgIpc) is 2.75. The van der Waals surface area contributed by atoms with Crippen molar-refractivity contribution >= 4 is 0 Å². The van der Waals surface area contributed by atoms with Gasteiger partial charge in [-0.05, 0) is 24.6 Å². The van der Waals surface area contributed by atoms with Gasteiger partial charge in [-0.1, -0.05) is 6.07 Å². The van der Waals surface area contributed by atoms with Crippen LogP contribution in [0.4, 0.5) is 8.78 Å². The second-order valence-corrected chi connectivity index (χ2v) is 4.44. The smallest absolute Gasteiger partial charge is 0.129 e. The Morgan fingerprint density at radius 3 is 2.94 bits per heavy atom. The average molecular weight is 241 g/mol. The van der Waals surface area contributed by atoms with Crippen molar-refractivity contribution in [2.75, 3.05) is 33.4 Å². The lowest BCUT2D eigenvalue weighted by Gasteiger charge is -2.15. The molecule has 1 saturated heterocycles. The highest BCUT2D eigenvalue weighted by Gasteiger charge is 2.25. The lowest BCUT2D eigenvalue weighted by atomic mass is 9.98. The van der Waals surface area contributed by atoms with E-state index in [0.29, 0.717) is 12.2 Å². The predicted octanol–water partition coefficient (Wildman–Crippen LogP) is 2.40. The van der Waals surface area contributed by atoms with Gasteiger partial charge in [0, 0.05) is 32.2 Å². The van der Waals surface area contributed by atoms with Crippen LogP contribution in [0.3, 0.4) is 0 Å². The summed E-state index contributed by atoms with van der Waals surface area (Å²) in [5, 5.41) is 0. The third-order valence-corrected chi connectivity index (χ3v) is 3.29. The first-order valence-electron chi connectivity index (χ1n) is 5.87. The maximum absolute atomic E-state index is 13.6. The van der Waals surface area contributed by atoms with E-state index in [4.69, 9.17) is 4.74 Å². The SMILES string of the molecule is COCCN1CC[C@H](c2ccc(F)cc2F)C1. The summed E-state index contributed by atoms with van der Waals surface area (Å²) in [6, 6.07) is 3.86. The molecular formula is C13H17F2NO. The fourth-order valence-electron chi connectivity index (χ4n) is 2.34. The topological polar surface area (TPSA) is 12.5 Å². The Bertz CT molecular complexity index is 384. The van der Waals surface area contributed by atoms with Crippen molar-refractivity contribution in [2.45, 2.75) is 12.3 Å². The molecule has 94 valence electrons. The monoisotopic (exact) mass is 241 g/mol. The van der Waals surface area contributed by atoms with Crippen LogP contribution < -0.4 is 0 Å². The van der Waals surface area contributed by atoms with Gasteiger partial charge in [-0.25, -0.2) is 8.78 Å². The van der Waals surface area contributed by atoms with E-state index in [9.17, 15) is 8.78 Å². The van der Waals surface area contributed by atoms with Crippen LogP contribution in [0.15, 0.2) is 18.2 Å². The summed E-state index contributed by atoms with van der Waals surface area (Å²) in [4.78, 5) is 2.25. The molecule has 0 radical (unpaired) electrons. The molecule has 0 spiro atoms. The summed E-state index contributed by atoms with van der Waals surface area (Å²) < 4.78 is 31.4. The molecule has 17 heavy (non-hydrogen) atoms. The Morgan fingerprint density at radius 1 is 1.41 bits per heavy atom. The van der Waals surface area contributed by atoms with Gasteiger partial charge in [0.1, 0.15) is 11.6 Å². The molecule has 1 atom stereocenters. The number of likely N-dealkylation sites (tertiary alicyclic amines) is 1. The minimum Gasteiger partial charge on any atom is -0.383 e. The number of ether oxygens (including phenoxy) is 1. The molecule has 0 saturated carbocycles. The van der Waals surface area contributed by atoms with Crippen molar-refractivity contribution in [1.82, 2.24) is 4.90 Å². The van der Waals surface area contributed by atoms with Gasteiger partial charge in [-0.2, -0.15) is 0 Å². The van der Waals surface area contributed by atoms with Crippen molar-refractivity contribution in [3.8, 4) is 0 Å². The molecule has 0 bridgehead atoms. The molecule has 0 unspecified atom stereocenters. The zero-order valence-electron chi connectivity index (χ0n) is 9.96. The van der Waals surface area contributed by atoms with Crippen LogP contribution in [-0.2, 0) is 4.74 Å². The van der Waals surface area contributed by atoms with Gasteiger partial charge in [0.2, 0.25) is 0 Å². The van der Waals surface area contributed by atoms with Gasteiger partial charge < -0.3 is 9.64 Å². The molecule has 0 aliphatic carbocycles. The van der Waals surface area contributed by atoms with Gasteiger partial charge in [0.25, 0.3) is 0 Å². The van der Waals surface area contributed by atoms with Gasteiger partial charge >= 0.3 is 0 Å². The standard InChI is InChI=1S/C13H17F2NO/c1-17-7-6-16-5-4-10(9-16)12-3-2-11(14)8-13(12)15/h2-3,8,10H,4-7,9H2,1H3/t10-/m0/s1. The molecule has 2 rings (SSSR count). The Kier molecular flexibility index (Phi) is 4.07. The van der Waals surface area contributed by atoms with Crippen LogP contribution in [0.1, 0.15) is 17.9 Å². The lowest BCUT2D eigenvalue weighted by molar-refractivity contribution is 0.160. The predicted molar refractivity (Wildman–Crippen MR) is 62.0 cm³/mol. The second-order valence-electron chi connectivity index (χ2n) is 4.44. The van der Waals surface area contributed by atoms with Crippen LogP contribution in [0.25, 0.3) is 0 Å². The summed E-state index contributed by atoms with van der Waals surface area (Å²) in [6.45, 7) is 3.34. The third kappa shape index (κ3) is 3.01. The van der Waals surface area contributed by atoms with E-state index in [1.54, 1.807) is 13.2 Å². The number of rotatable bonds is 4. The first-order chi connectivity index (χ1) is 8.20. The zero-order chi connectivity index (χ0) is 12.3. The van der Waals surface area contributed by atoms with Gasteiger partial charge in [-0.3, -0.25) is 0 Å². The molecule has 2 nitrogen and oxygen atoms in total. The first-order valence-corrected chi connectivity index (χ1v) is 5.87.